The third kappa shape index (κ3) is 6.04. The highest BCUT2D eigenvalue weighted by atomic mass is 16.5. The summed E-state index contributed by atoms with van der Waals surface area (Å²) in [7, 11) is 0. The van der Waals surface area contributed by atoms with Crippen molar-refractivity contribution in [3.05, 3.63) is 47.5 Å². The number of aromatic amines is 1. The Morgan fingerprint density at radius 3 is 2.42 bits per heavy atom. The minimum Gasteiger partial charge on any atom is -0.507 e. The first-order valence-corrected chi connectivity index (χ1v) is 10.4. The number of carbonyl (C=O) groups excluding carboxylic acids is 1. The second kappa shape index (κ2) is 10.6. The van der Waals surface area contributed by atoms with Gasteiger partial charge < -0.3 is 14.6 Å². The number of hydrogen-bond acceptors (Lipinski definition) is 7. The number of ketones is 1. The fourth-order valence-corrected chi connectivity index (χ4v) is 3.10. The average Bonchev–Trinajstić information content (AvgIpc) is 3.28. The number of phenols is 1. The van der Waals surface area contributed by atoms with Gasteiger partial charge in [-0.3, -0.25) is 4.79 Å². The Hall–Kier alpha value is -3.42. The van der Waals surface area contributed by atoms with Crippen LogP contribution in [-0.2, 0) is 0 Å². The Balaban J connectivity index is 1.41. The van der Waals surface area contributed by atoms with Gasteiger partial charge in [0.05, 0.1) is 18.8 Å². The van der Waals surface area contributed by atoms with E-state index in [2.05, 4.69) is 20.6 Å². The van der Waals surface area contributed by atoms with E-state index < -0.39 is 0 Å². The number of H-pyrrole nitrogens is 1. The number of unbranched alkanes of at least 4 members (excludes halogenated alkanes) is 1. The number of ether oxygens (including phenoxy) is 2. The maximum atomic E-state index is 12.2. The van der Waals surface area contributed by atoms with Gasteiger partial charge in [-0.2, -0.15) is 5.21 Å². The molecule has 164 valence electrons. The zero-order valence-electron chi connectivity index (χ0n) is 18.1. The Labute approximate surface area is 181 Å². The molecule has 3 aromatic rings. The molecule has 3 rings (SSSR count). The van der Waals surface area contributed by atoms with Crippen molar-refractivity contribution >= 4 is 5.78 Å². The molecular weight excluding hydrogens is 396 g/mol. The molecule has 2 aromatic carbocycles. The molecule has 8 nitrogen and oxygen atoms in total. The van der Waals surface area contributed by atoms with Crippen LogP contribution in [0.3, 0.4) is 0 Å². The second-order valence-electron chi connectivity index (χ2n) is 7.77. The highest BCUT2D eigenvalue weighted by molar-refractivity contribution is 5.99. The number of carbonyl (C=O) groups is 1. The van der Waals surface area contributed by atoms with Crippen molar-refractivity contribution in [2.24, 2.45) is 5.92 Å². The van der Waals surface area contributed by atoms with E-state index in [1.807, 2.05) is 38.1 Å². The number of aromatic nitrogens is 4. The van der Waals surface area contributed by atoms with Crippen molar-refractivity contribution in [2.45, 2.75) is 40.0 Å². The molecule has 0 aliphatic rings. The highest BCUT2D eigenvalue weighted by Crippen LogP contribution is 2.32. The number of rotatable bonds is 11. The number of hydrogen-bond donors (Lipinski definition) is 2. The summed E-state index contributed by atoms with van der Waals surface area (Å²) in [6, 6.07) is 10.9. The number of phenolic OH excluding ortho intramolecular Hbond substituents is 1. The topological polar surface area (TPSA) is 110 Å². The van der Waals surface area contributed by atoms with Gasteiger partial charge in [-0.1, -0.05) is 13.8 Å². The molecule has 0 bridgehead atoms. The van der Waals surface area contributed by atoms with Crippen molar-refractivity contribution in [3.63, 3.8) is 0 Å². The number of benzene rings is 2. The molecule has 0 atom stereocenters. The number of nitrogens with one attached hydrogen (secondary N) is 1. The van der Waals surface area contributed by atoms with Gasteiger partial charge >= 0.3 is 0 Å². The van der Waals surface area contributed by atoms with Crippen LogP contribution in [0.4, 0.5) is 0 Å². The second-order valence-corrected chi connectivity index (χ2v) is 7.77. The van der Waals surface area contributed by atoms with E-state index in [-0.39, 0.29) is 17.5 Å². The maximum Gasteiger partial charge on any atom is 0.204 e. The van der Waals surface area contributed by atoms with E-state index in [9.17, 15) is 9.90 Å². The first-order chi connectivity index (χ1) is 15.0. The van der Waals surface area contributed by atoms with E-state index in [1.165, 1.54) is 0 Å². The van der Waals surface area contributed by atoms with E-state index in [4.69, 9.17) is 9.47 Å². The lowest BCUT2D eigenvalue weighted by molar-refractivity contribution is 0.0965. The number of nitrogens with zero attached hydrogens (tertiary/aromatic N) is 3. The first-order valence-electron chi connectivity index (χ1n) is 10.4. The molecule has 0 saturated heterocycles. The summed E-state index contributed by atoms with van der Waals surface area (Å²) in [4.78, 5) is 12.2. The fraction of sp³-hybridized carbons (Fsp3) is 0.391. The standard InChI is InChI=1S/C23H28N4O4/c1-15(2)14-20(28)19-10-11-21(16(3)22(19)29)31-13-5-4-12-30-18-8-6-17(7-9-18)23-24-26-27-25-23/h6-11,15,29H,4-5,12-14H2,1-3H3,(H,24,25,26,27). The lowest BCUT2D eigenvalue weighted by Gasteiger charge is -2.13. The molecular formula is C23H28N4O4. The molecule has 1 aromatic heterocycles. The largest absolute Gasteiger partial charge is 0.507 e. The van der Waals surface area contributed by atoms with Gasteiger partial charge in [0.25, 0.3) is 0 Å². The zero-order chi connectivity index (χ0) is 22.2. The summed E-state index contributed by atoms with van der Waals surface area (Å²) < 4.78 is 11.5. The number of Topliss-reactive ketones (excluding diaryl/α,β-unsaturated/α-hetero) is 1. The Bertz CT molecular complexity index is 986. The van der Waals surface area contributed by atoms with Crippen molar-refractivity contribution in [1.29, 1.82) is 0 Å². The lowest BCUT2D eigenvalue weighted by atomic mass is 9.98. The van der Waals surface area contributed by atoms with Crippen LogP contribution in [0.1, 0.15) is 49.0 Å². The number of aromatic hydroxyl groups is 1. The van der Waals surface area contributed by atoms with Gasteiger partial charge in [0.1, 0.15) is 17.2 Å². The third-order valence-electron chi connectivity index (χ3n) is 4.80. The molecule has 31 heavy (non-hydrogen) atoms. The van der Waals surface area contributed by atoms with Gasteiger partial charge in [-0.05, 0) is 67.3 Å². The van der Waals surface area contributed by atoms with E-state index in [0.717, 1.165) is 24.2 Å². The molecule has 0 spiro atoms. The third-order valence-corrected chi connectivity index (χ3v) is 4.80. The molecule has 2 N–H and O–H groups in total. The summed E-state index contributed by atoms with van der Waals surface area (Å²) in [6.07, 6.45) is 2.03. The highest BCUT2D eigenvalue weighted by Gasteiger charge is 2.17. The van der Waals surface area contributed by atoms with Gasteiger partial charge in [0.15, 0.2) is 5.78 Å². The van der Waals surface area contributed by atoms with Crippen LogP contribution in [0.15, 0.2) is 36.4 Å². The minimum atomic E-state index is -0.0513. The van der Waals surface area contributed by atoms with E-state index >= 15 is 0 Å². The molecule has 1 heterocycles. The molecule has 0 amide bonds. The molecule has 8 heteroatoms. The van der Waals surface area contributed by atoms with Crippen molar-refractivity contribution < 1.29 is 19.4 Å². The molecule has 0 aliphatic heterocycles. The molecule has 0 radical (unpaired) electrons. The lowest BCUT2D eigenvalue weighted by Crippen LogP contribution is -2.06. The summed E-state index contributed by atoms with van der Waals surface area (Å²) in [5.41, 5.74) is 1.81. The van der Waals surface area contributed by atoms with Crippen molar-refractivity contribution in [3.8, 4) is 28.6 Å². The average molecular weight is 425 g/mol. The SMILES string of the molecule is Cc1c(OCCCCOc2ccc(-c3nn[nH]n3)cc2)ccc(C(=O)CC(C)C)c1O. The molecule has 0 aliphatic carbocycles. The van der Waals surface area contributed by atoms with Crippen molar-refractivity contribution in [1.82, 2.24) is 20.6 Å². The van der Waals surface area contributed by atoms with Crippen LogP contribution >= 0.6 is 0 Å². The molecule has 0 unspecified atom stereocenters. The monoisotopic (exact) mass is 424 g/mol. The van der Waals surface area contributed by atoms with Crippen LogP contribution < -0.4 is 9.47 Å². The zero-order valence-corrected chi connectivity index (χ0v) is 18.1. The Kier molecular flexibility index (Phi) is 7.59. The van der Waals surface area contributed by atoms with Gasteiger partial charge in [-0.25, -0.2) is 0 Å². The smallest absolute Gasteiger partial charge is 0.204 e. The first kappa shape index (κ1) is 22.3. The van der Waals surface area contributed by atoms with Crippen LogP contribution in [0.5, 0.6) is 17.2 Å². The van der Waals surface area contributed by atoms with Gasteiger partial charge in [0.2, 0.25) is 5.82 Å². The minimum absolute atomic E-state index is 0.00995. The van der Waals surface area contributed by atoms with Crippen LogP contribution in [0, 0.1) is 12.8 Å². The van der Waals surface area contributed by atoms with Crippen LogP contribution in [0.25, 0.3) is 11.4 Å². The van der Waals surface area contributed by atoms with Gasteiger partial charge in [0, 0.05) is 17.5 Å². The fourth-order valence-electron chi connectivity index (χ4n) is 3.10. The molecule has 0 saturated carbocycles. The predicted molar refractivity (Wildman–Crippen MR) is 116 cm³/mol. The van der Waals surface area contributed by atoms with E-state index in [0.29, 0.717) is 42.3 Å². The van der Waals surface area contributed by atoms with Crippen LogP contribution in [0.2, 0.25) is 0 Å². The summed E-state index contributed by atoms with van der Waals surface area (Å²) in [6.45, 7) is 6.79. The van der Waals surface area contributed by atoms with Crippen LogP contribution in [-0.4, -0.2) is 44.7 Å². The van der Waals surface area contributed by atoms with E-state index in [1.54, 1.807) is 19.1 Å². The summed E-state index contributed by atoms with van der Waals surface area (Å²) >= 11 is 0. The summed E-state index contributed by atoms with van der Waals surface area (Å²) in [5, 5.41) is 24.2. The normalized spacial score (nSPS) is 11.0. The quantitative estimate of drug-likeness (QED) is 0.348. The summed E-state index contributed by atoms with van der Waals surface area (Å²) in [5.74, 6) is 2.11. The number of tetrazole rings is 1. The molecule has 0 fully saturated rings. The van der Waals surface area contributed by atoms with Gasteiger partial charge in [-0.15, -0.1) is 10.2 Å². The Morgan fingerprint density at radius 1 is 1.06 bits per heavy atom. The van der Waals surface area contributed by atoms with Crippen molar-refractivity contribution in [2.75, 3.05) is 13.2 Å². The maximum absolute atomic E-state index is 12.2. The predicted octanol–water partition coefficient (Wildman–Crippen LogP) is 4.35. The Morgan fingerprint density at radius 2 is 1.77 bits per heavy atom.